The number of hydrogen-bond donors (Lipinski definition) is 2. The summed E-state index contributed by atoms with van der Waals surface area (Å²) in [5, 5.41) is 0. The molecule has 1 aromatic carbocycles. The lowest BCUT2D eigenvalue weighted by Gasteiger charge is -2.16. The zero-order valence-electron chi connectivity index (χ0n) is 10.3. The smallest absolute Gasteiger partial charge is 0.126 e. The summed E-state index contributed by atoms with van der Waals surface area (Å²) in [7, 11) is 1.64. The normalized spacial score (nSPS) is 12.1. The highest BCUT2D eigenvalue weighted by atomic mass is 16.5. The van der Waals surface area contributed by atoms with Crippen molar-refractivity contribution in [3.8, 4) is 5.75 Å². The Hall–Kier alpha value is -2.07. The Labute approximate surface area is 107 Å². The summed E-state index contributed by atoms with van der Waals surface area (Å²) >= 11 is 0. The number of nitrogen functional groups attached to an aromatic ring is 1. The Kier molecular flexibility index (Phi) is 3.79. The monoisotopic (exact) mass is 243 g/mol. The van der Waals surface area contributed by atoms with Crippen LogP contribution < -0.4 is 16.2 Å². The highest BCUT2D eigenvalue weighted by Crippen LogP contribution is 2.26. The molecule has 18 heavy (non-hydrogen) atoms. The van der Waals surface area contributed by atoms with Gasteiger partial charge >= 0.3 is 0 Å². The number of nitrogens with two attached hydrogens (primary N) is 2. The number of methoxy groups -OCH3 is 1. The molecule has 0 aliphatic heterocycles. The maximum Gasteiger partial charge on any atom is 0.126 e. The number of para-hydroxylation sites is 1. The summed E-state index contributed by atoms with van der Waals surface area (Å²) in [5.41, 5.74) is 14.0. The molecule has 94 valence electrons. The van der Waals surface area contributed by atoms with E-state index in [4.69, 9.17) is 16.2 Å². The van der Waals surface area contributed by atoms with E-state index in [0.717, 1.165) is 16.9 Å². The molecule has 0 bridgehead atoms. The van der Waals surface area contributed by atoms with Crippen molar-refractivity contribution in [3.63, 3.8) is 0 Å². The number of nitrogens with zero attached hydrogens (tertiary/aromatic N) is 1. The van der Waals surface area contributed by atoms with E-state index in [0.29, 0.717) is 12.2 Å². The maximum atomic E-state index is 6.21. The van der Waals surface area contributed by atoms with Gasteiger partial charge < -0.3 is 16.2 Å². The largest absolute Gasteiger partial charge is 0.496 e. The molecular formula is C14H17N3O. The van der Waals surface area contributed by atoms with Crippen molar-refractivity contribution in [3.05, 3.63) is 53.7 Å². The van der Waals surface area contributed by atoms with Crippen LogP contribution in [0.3, 0.4) is 0 Å². The second kappa shape index (κ2) is 5.51. The molecule has 2 aromatic rings. The number of benzene rings is 1. The van der Waals surface area contributed by atoms with Crippen LogP contribution in [0.4, 0.5) is 5.82 Å². The third kappa shape index (κ3) is 2.60. The maximum absolute atomic E-state index is 6.21. The third-order valence-electron chi connectivity index (χ3n) is 2.90. The minimum atomic E-state index is -0.160. The second-order valence-electron chi connectivity index (χ2n) is 4.10. The SMILES string of the molecule is COc1ccccc1C(N)Cc1cccnc1N. The minimum Gasteiger partial charge on any atom is -0.496 e. The first kappa shape index (κ1) is 12.4. The van der Waals surface area contributed by atoms with Crippen molar-refractivity contribution in [2.24, 2.45) is 5.73 Å². The lowest BCUT2D eigenvalue weighted by molar-refractivity contribution is 0.405. The molecule has 0 spiro atoms. The molecule has 0 fully saturated rings. The fraction of sp³-hybridized carbons (Fsp3) is 0.214. The van der Waals surface area contributed by atoms with Crippen molar-refractivity contribution in [1.82, 2.24) is 4.98 Å². The molecule has 0 saturated carbocycles. The van der Waals surface area contributed by atoms with Gasteiger partial charge in [-0.25, -0.2) is 4.98 Å². The van der Waals surface area contributed by atoms with Gasteiger partial charge in [-0.05, 0) is 24.1 Å². The van der Waals surface area contributed by atoms with Gasteiger partial charge in [0.25, 0.3) is 0 Å². The molecule has 0 saturated heterocycles. The Balaban J connectivity index is 2.22. The van der Waals surface area contributed by atoms with Crippen molar-refractivity contribution in [2.75, 3.05) is 12.8 Å². The Morgan fingerprint density at radius 1 is 1.22 bits per heavy atom. The highest BCUT2D eigenvalue weighted by Gasteiger charge is 2.13. The predicted octanol–water partition coefficient (Wildman–Crippen LogP) is 1.91. The molecule has 4 nitrogen and oxygen atoms in total. The summed E-state index contributed by atoms with van der Waals surface area (Å²) in [5.74, 6) is 1.33. The van der Waals surface area contributed by atoms with E-state index in [-0.39, 0.29) is 6.04 Å². The van der Waals surface area contributed by atoms with Crippen LogP contribution in [0.5, 0.6) is 5.75 Å². The third-order valence-corrected chi connectivity index (χ3v) is 2.90. The Morgan fingerprint density at radius 2 is 2.00 bits per heavy atom. The summed E-state index contributed by atoms with van der Waals surface area (Å²) in [6, 6.07) is 11.4. The molecule has 1 aromatic heterocycles. The number of hydrogen-bond acceptors (Lipinski definition) is 4. The molecule has 1 atom stereocenters. The molecule has 0 aliphatic rings. The number of aromatic nitrogens is 1. The fourth-order valence-electron chi connectivity index (χ4n) is 1.94. The minimum absolute atomic E-state index is 0.160. The molecule has 1 heterocycles. The van der Waals surface area contributed by atoms with E-state index in [1.165, 1.54) is 0 Å². The molecule has 0 amide bonds. The fourth-order valence-corrected chi connectivity index (χ4v) is 1.94. The van der Waals surface area contributed by atoms with Gasteiger partial charge in [0.15, 0.2) is 0 Å². The summed E-state index contributed by atoms with van der Waals surface area (Å²) in [6.45, 7) is 0. The molecule has 0 radical (unpaired) electrons. The highest BCUT2D eigenvalue weighted by molar-refractivity contribution is 5.42. The van der Waals surface area contributed by atoms with Gasteiger partial charge in [-0.15, -0.1) is 0 Å². The van der Waals surface area contributed by atoms with Crippen molar-refractivity contribution < 1.29 is 4.74 Å². The van der Waals surface area contributed by atoms with Gasteiger partial charge in [-0.3, -0.25) is 0 Å². The average Bonchev–Trinajstić information content (AvgIpc) is 2.41. The molecular weight excluding hydrogens is 226 g/mol. The van der Waals surface area contributed by atoms with Crippen molar-refractivity contribution in [1.29, 1.82) is 0 Å². The van der Waals surface area contributed by atoms with E-state index in [1.54, 1.807) is 13.3 Å². The van der Waals surface area contributed by atoms with Gasteiger partial charge in [-0.1, -0.05) is 24.3 Å². The topological polar surface area (TPSA) is 74.2 Å². The average molecular weight is 243 g/mol. The summed E-state index contributed by atoms with van der Waals surface area (Å²) in [6.07, 6.45) is 2.31. The first-order valence-corrected chi connectivity index (χ1v) is 5.80. The Morgan fingerprint density at radius 3 is 2.72 bits per heavy atom. The van der Waals surface area contributed by atoms with Crippen LogP contribution >= 0.6 is 0 Å². The van der Waals surface area contributed by atoms with Gasteiger partial charge in [0.05, 0.1) is 7.11 Å². The van der Waals surface area contributed by atoms with E-state index < -0.39 is 0 Å². The van der Waals surface area contributed by atoms with Crippen molar-refractivity contribution >= 4 is 5.82 Å². The number of ether oxygens (including phenoxy) is 1. The van der Waals surface area contributed by atoms with E-state index >= 15 is 0 Å². The molecule has 1 unspecified atom stereocenters. The van der Waals surface area contributed by atoms with Crippen LogP contribution in [0.1, 0.15) is 17.2 Å². The van der Waals surface area contributed by atoms with Gasteiger partial charge in [-0.2, -0.15) is 0 Å². The van der Waals surface area contributed by atoms with Gasteiger partial charge in [0, 0.05) is 17.8 Å². The van der Waals surface area contributed by atoms with Gasteiger partial charge in [0.2, 0.25) is 0 Å². The lowest BCUT2D eigenvalue weighted by atomic mass is 9.99. The molecule has 4 N–H and O–H groups in total. The first-order chi connectivity index (χ1) is 8.72. The molecule has 4 heteroatoms. The van der Waals surface area contributed by atoms with Crippen LogP contribution in [0, 0.1) is 0 Å². The van der Waals surface area contributed by atoms with Crippen LogP contribution in [0.2, 0.25) is 0 Å². The van der Waals surface area contributed by atoms with E-state index in [2.05, 4.69) is 4.98 Å². The lowest BCUT2D eigenvalue weighted by Crippen LogP contribution is -2.15. The number of pyridine rings is 1. The second-order valence-corrected chi connectivity index (χ2v) is 4.10. The summed E-state index contributed by atoms with van der Waals surface area (Å²) in [4.78, 5) is 4.06. The van der Waals surface area contributed by atoms with Gasteiger partial charge in [0.1, 0.15) is 11.6 Å². The zero-order valence-corrected chi connectivity index (χ0v) is 10.3. The predicted molar refractivity (Wildman–Crippen MR) is 72.3 cm³/mol. The van der Waals surface area contributed by atoms with Crippen LogP contribution in [0.15, 0.2) is 42.6 Å². The standard InChI is InChI=1S/C14H17N3O/c1-18-13-7-3-2-6-11(13)12(15)9-10-5-4-8-17-14(10)16/h2-8,12H,9,15H2,1H3,(H2,16,17). The molecule has 0 aliphatic carbocycles. The molecule has 2 rings (SSSR count). The number of anilines is 1. The van der Waals surface area contributed by atoms with E-state index in [9.17, 15) is 0 Å². The van der Waals surface area contributed by atoms with Crippen molar-refractivity contribution in [2.45, 2.75) is 12.5 Å². The zero-order chi connectivity index (χ0) is 13.0. The quantitative estimate of drug-likeness (QED) is 0.860. The summed E-state index contributed by atoms with van der Waals surface area (Å²) < 4.78 is 5.31. The van der Waals surface area contributed by atoms with Crippen LogP contribution in [-0.2, 0) is 6.42 Å². The van der Waals surface area contributed by atoms with Crippen LogP contribution in [0.25, 0.3) is 0 Å². The Bertz CT molecular complexity index is 528. The number of rotatable bonds is 4. The van der Waals surface area contributed by atoms with E-state index in [1.807, 2.05) is 36.4 Å². The van der Waals surface area contributed by atoms with Crippen LogP contribution in [-0.4, -0.2) is 12.1 Å². The first-order valence-electron chi connectivity index (χ1n) is 5.80.